The first-order valence-electron chi connectivity index (χ1n) is 5.51. The van der Waals surface area contributed by atoms with Crippen LogP contribution in [0.3, 0.4) is 0 Å². The summed E-state index contributed by atoms with van der Waals surface area (Å²) in [6.45, 7) is 5.80. The molecule has 0 radical (unpaired) electrons. The smallest absolute Gasteiger partial charge is 0.237 e. The van der Waals surface area contributed by atoms with E-state index in [1.54, 1.807) is 10.9 Å². The van der Waals surface area contributed by atoms with Gasteiger partial charge in [0.1, 0.15) is 0 Å². The molecule has 1 unspecified atom stereocenters. The lowest BCUT2D eigenvalue weighted by Crippen LogP contribution is -2.41. The van der Waals surface area contributed by atoms with E-state index in [0.29, 0.717) is 6.42 Å². The van der Waals surface area contributed by atoms with E-state index in [-0.39, 0.29) is 11.9 Å². The fourth-order valence-corrected chi connectivity index (χ4v) is 1.52. The first kappa shape index (κ1) is 12.7. The molecule has 0 spiro atoms. The van der Waals surface area contributed by atoms with E-state index >= 15 is 0 Å². The molecular formula is C11H20N4O. The number of nitrogens with one attached hydrogen (secondary N) is 1. The molecule has 0 aliphatic carbocycles. The number of carbonyl (C=O) groups is 1. The highest BCUT2D eigenvalue weighted by atomic mass is 16.2. The van der Waals surface area contributed by atoms with Gasteiger partial charge in [0.2, 0.25) is 5.91 Å². The fourth-order valence-electron chi connectivity index (χ4n) is 1.52. The van der Waals surface area contributed by atoms with Gasteiger partial charge in [0.25, 0.3) is 0 Å². The molecule has 1 aromatic heterocycles. The third-order valence-electron chi connectivity index (χ3n) is 2.88. The molecule has 0 bridgehead atoms. The fraction of sp³-hybridized carbons (Fsp3) is 0.636. The van der Waals surface area contributed by atoms with Gasteiger partial charge in [-0.1, -0.05) is 6.92 Å². The van der Waals surface area contributed by atoms with Crippen LogP contribution in [0.1, 0.15) is 37.6 Å². The third kappa shape index (κ3) is 2.61. The second kappa shape index (κ2) is 5.12. The summed E-state index contributed by atoms with van der Waals surface area (Å²) in [4.78, 5) is 11.6. The molecule has 1 amide bonds. The Balaban J connectivity index is 2.69. The first-order chi connectivity index (χ1) is 7.47. The van der Waals surface area contributed by atoms with E-state index in [0.717, 1.165) is 11.3 Å². The van der Waals surface area contributed by atoms with E-state index in [1.807, 2.05) is 27.8 Å². The van der Waals surface area contributed by atoms with Crippen LogP contribution in [-0.2, 0) is 11.8 Å². The van der Waals surface area contributed by atoms with E-state index in [9.17, 15) is 4.79 Å². The number of amides is 1. The molecule has 0 aromatic carbocycles. The van der Waals surface area contributed by atoms with Crippen LogP contribution in [0.2, 0.25) is 0 Å². The molecule has 0 saturated carbocycles. The van der Waals surface area contributed by atoms with Gasteiger partial charge in [0, 0.05) is 18.3 Å². The number of rotatable bonds is 4. The summed E-state index contributed by atoms with van der Waals surface area (Å²) < 4.78 is 1.79. The molecule has 90 valence electrons. The minimum Gasteiger partial charge on any atom is -0.348 e. The Kier molecular flexibility index (Phi) is 4.06. The molecular weight excluding hydrogens is 204 g/mol. The largest absolute Gasteiger partial charge is 0.348 e. The lowest BCUT2D eigenvalue weighted by atomic mass is 10.1. The highest BCUT2D eigenvalue weighted by molar-refractivity contribution is 5.81. The summed E-state index contributed by atoms with van der Waals surface area (Å²) in [6.07, 6.45) is 2.42. The molecule has 1 aromatic rings. The number of hydrogen-bond acceptors (Lipinski definition) is 3. The zero-order chi connectivity index (χ0) is 12.3. The van der Waals surface area contributed by atoms with Gasteiger partial charge in [0.05, 0.1) is 18.3 Å². The van der Waals surface area contributed by atoms with Crippen LogP contribution in [0.5, 0.6) is 0 Å². The first-order valence-corrected chi connectivity index (χ1v) is 5.51. The molecule has 1 heterocycles. The predicted molar refractivity (Wildman–Crippen MR) is 62.8 cm³/mol. The topological polar surface area (TPSA) is 72.9 Å². The van der Waals surface area contributed by atoms with Crippen LogP contribution in [-0.4, -0.2) is 21.7 Å². The summed E-state index contributed by atoms with van der Waals surface area (Å²) in [5, 5.41) is 7.03. The number of nitrogens with zero attached hydrogens (tertiary/aromatic N) is 2. The Morgan fingerprint density at radius 3 is 2.75 bits per heavy atom. The average Bonchev–Trinajstić information content (AvgIpc) is 2.58. The Morgan fingerprint density at radius 1 is 1.69 bits per heavy atom. The normalized spacial score (nSPS) is 14.6. The quantitative estimate of drug-likeness (QED) is 0.788. The maximum atomic E-state index is 11.6. The lowest BCUT2D eigenvalue weighted by molar-refractivity contribution is -0.123. The van der Waals surface area contributed by atoms with E-state index in [2.05, 4.69) is 10.4 Å². The molecule has 0 fully saturated rings. The summed E-state index contributed by atoms with van der Waals surface area (Å²) in [5.74, 6) is -0.113. The summed E-state index contributed by atoms with van der Waals surface area (Å²) in [6, 6.07) is -0.488. The molecule has 5 heteroatoms. The van der Waals surface area contributed by atoms with Gasteiger partial charge in [-0.2, -0.15) is 5.10 Å². The van der Waals surface area contributed by atoms with E-state index in [1.165, 1.54) is 0 Å². The number of hydrogen-bond donors (Lipinski definition) is 2. The minimum atomic E-state index is -0.431. The van der Waals surface area contributed by atoms with Crippen molar-refractivity contribution in [2.24, 2.45) is 12.8 Å². The second-order valence-corrected chi connectivity index (χ2v) is 4.05. The van der Waals surface area contributed by atoms with Gasteiger partial charge in [-0.15, -0.1) is 0 Å². The average molecular weight is 224 g/mol. The number of carbonyl (C=O) groups excluding carboxylic acids is 1. The van der Waals surface area contributed by atoms with Crippen molar-refractivity contribution in [2.75, 3.05) is 0 Å². The summed E-state index contributed by atoms with van der Waals surface area (Å²) in [5.41, 5.74) is 7.73. The van der Waals surface area contributed by atoms with Crippen LogP contribution in [0, 0.1) is 6.92 Å². The monoisotopic (exact) mass is 224 g/mol. The SMILES string of the molecule is CC[C@@H](N)C(=O)NC(C)c1cnn(C)c1C. The summed E-state index contributed by atoms with van der Waals surface area (Å²) in [7, 11) is 1.88. The Labute approximate surface area is 96.0 Å². The van der Waals surface area contributed by atoms with E-state index < -0.39 is 6.04 Å². The number of aryl methyl sites for hydroxylation is 1. The number of nitrogens with two attached hydrogens (primary N) is 1. The zero-order valence-corrected chi connectivity index (χ0v) is 10.3. The highest BCUT2D eigenvalue weighted by Gasteiger charge is 2.17. The standard InChI is InChI=1S/C11H20N4O/c1-5-10(12)11(16)14-7(2)9-6-13-15(4)8(9)3/h6-7,10H,5,12H2,1-4H3,(H,14,16)/t7?,10-/m1/s1. The van der Waals surface area contributed by atoms with Crippen molar-refractivity contribution in [1.29, 1.82) is 0 Å². The molecule has 1 rings (SSSR count). The van der Waals surface area contributed by atoms with Crippen LogP contribution in [0.25, 0.3) is 0 Å². The van der Waals surface area contributed by atoms with Crippen molar-refractivity contribution in [3.63, 3.8) is 0 Å². The molecule has 3 N–H and O–H groups in total. The van der Waals surface area contributed by atoms with Gasteiger partial charge in [0.15, 0.2) is 0 Å². The van der Waals surface area contributed by atoms with Crippen LogP contribution >= 0.6 is 0 Å². The van der Waals surface area contributed by atoms with Gasteiger partial charge in [-0.05, 0) is 20.3 Å². The highest BCUT2D eigenvalue weighted by Crippen LogP contribution is 2.15. The van der Waals surface area contributed by atoms with Gasteiger partial charge in [-0.3, -0.25) is 9.48 Å². The third-order valence-corrected chi connectivity index (χ3v) is 2.88. The van der Waals surface area contributed by atoms with Crippen LogP contribution in [0.4, 0.5) is 0 Å². The zero-order valence-electron chi connectivity index (χ0n) is 10.3. The molecule has 2 atom stereocenters. The van der Waals surface area contributed by atoms with Crippen molar-refractivity contribution in [3.05, 3.63) is 17.5 Å². The maximum Gasteiger partial charge on any atom is 0.237 e. The van der Waals surface area contributed by atoms with E-state index in [4.69, 9.17) is 5.73 Å². The maximum absolute atomic E-state index is 11.6. The van der Waals surface area contributed by atoms with Crippen molar-refractivity contribution in [1.82, 2.24) is 15.1 Å². The Morgan fingerprint density at radius 2 is 2.31 bits per heavy atom. The van der Waals surface area contributed by atoms with Crippen molar-refractivity contribution < 1.29 is 4.79 Å². The molecule has 16 heavy (non-hydrogen) atoms. The van der Waals surface area contributed by atoms with Gasteiger partial charge in [-0.25, -0.2) is 0 Å². The second-order valence-electron chi connectivity index (χ2n) is 4.05. The number of aromatic nitrogens is 2. The lowest BCUT2D eigenvalue weighted by Gasteiger charge is -2.16. The molecule has 5 nitrogen and oxygen atoms in total. The van der Waals surface area contributed by atoms with Crippen molar-refractivity contribution in [2.45, 2.75) is 39.3 Å². The predicted octanol–water partition coefficient (Wildman–Crippen LogP) is 0.643. The molecule has 0 saturated heterocycles. The Hall–Kier alpha value is -1.36. The van der Waals surface area contributed by atoms with Crippen molar-refractivity contribution >= 4 is 5.91 Å². The summed E-state index contributed by atoms with van der Waals surface area (Å²) >= 11 is 0. The van der Waals surface area contributed by atoms with Gasteiger partial charge < -0.3 is 11.1 Å². The Bertz CT molecular complexity index is 372. The van der Waals surface area contributed by atoms with Crippen molar-refractivity contribution in [3.8, 4) is 0 Å². The molecule has 0 aliphatic rings. The molecule has 0 aliphatic heterocycles. The minimum absolute atomic E-state index is 0.0567. The van der Waals surface area contributed by atoms with Crippen LogP contribution < -0.4 is 11.1 Å². The van der Waals surface area contributed by atoms with Gasteiger partial charge >= 0.3 is 0 Å². The van der Waals surface area contributed by atoms with Crippen LogP contribution in [0.15, 0.2) is 6.20 Å².